The highest BCUT2D eigenvalue weighted by Gasteiger charge is 2.40. The Balaban J connectivity index is 1.38. The van der Waals surface area contributed by atoms with Gasteiger partial charge in [0.15, 0.2) is 0 Å². The lowest BCUT2D eigenvalue weighted by Gasteiger charge is -2.16. The van der Waals surface area contributed by atoms with E-state index < -0.39 is 0 Å². The quantitative estimate of drug-likeness (QED) is 0.730. The minimum absolute atomic E-state index is 0.988. The Hall–Kier alpha value is -0.830. The van der Waals surface area contributed by atoms with E-state index in [1.165, 1.54) is 37.9 Å². The largest absolute Gasteiger partial charge is 0.316 e. The maximum atomic E-state index is 4.20. The molecular weight excluding hydrogens is 210 g/mol. The molecule has 0 aliphatic heterocycles. The van der Waals surface area contributed by atoms with Gasteiger partial charge in [-0.2, -0.15) is 5.10 Å². The van der Waals surface area contributed by atoms with Crippen LogP contribution < -0.4 is 5.32 Å². The summed E-state index contributed by atoms with van der Waals surface area (Å²) in [6.45, 7) is 2.34. The molecule has 0 bridgehead atoms. The molecule has 17 heavy (non-hydrogen) atoms. The summed E-state index contributed by atoms with van der Waals surface area (Å²) in [7, 11) is 2.02. The summed E-state index contributed by atoms with van der Waals surface area (Å²) >= 11 is 0. The van der Waals surface area contributed by atoms with E-state index in [9.17, 15) is 0 Å². The Kier molecular flexibility index (Phi) is 3.19. The predicted molar refractivity (Wildman–Crippen MR) is 68.7 cm³/mol. The van der Waals surface area contributed by atoms with Crippen molar-refractivity contribution in [3.05, 3.63) is 18.0 Å². The highest BCUT2D eigenvalue weighted by molar-refractivity contribution is 5.00. The Morgan fingerprint density at radius 2 is 2.06 bits per heavy atom. The van der Waals surface area contributed by atoms with Gasteiger partial charge < -0.3 is 5.32 Å². The van der Waals surface area contributed by atoms with E-state index in [2.05, 4.69) is 16.5 Å². The van der Waals surface area contributed by atoms with Crippen molar-refractivity contribution in [1.29, 1.82) is 0 Å². The number of hydrogen-bond acceptors (Lipinski definition) is 2. The van der Waals surface area contributed by atoms with Crippen molar-refractivity contribution >= 4 is 0 Å². The lowest BCUT2D eigenvalue weighted by molar-refractivity contribution is 0.380. The predicted octanol–water partition coefficient (Wildman–Crippen LogP) is 1.99. The average molecular weight is 233 g/mol. The third kappa shape index (κ3) is 2.89. The van der Waals surface area contributed by atoms with Crippen LogP contribution in [-0.4, -0.2) is 22.9 Å². The van der Waals surface area contributed by atoms with Crippen LogP contribution in [0.25, 0.3) is 0 Å². The van der Waals surface area contributed by atoms with Crippen LogP contribution >= 0.6 is 0 Å². The molecule has 3 nitrogen and oxygen atoms in total. The second-order valence-corrected chi connectivity index (χ2v) is 5.74. The van der Waals surface area contributed by atoms with Gasteiger partial charge in [-0.25, -0.2) is 0 Å². The van der Waals surface area contributed by atoms with Crippen LogP contribution in [0.3, 0.4) is 0 Å². The van der Waals surface area contributed by atoms with Crippen LogP contribution in [0.5, 0.6) is 0 Å². The Morgan fingerprint density at radius 1 is 1.35 bits per heavy atom. The summed E-state index contributed by atoms with van der Waals surface area (Å²) < 4.78 is 1.97. The van der Waals surface area contributed by atoms with Gasteiger partial charge in [-0.3, -0.25) is 4.68 Å². The number of aromatic nitrogens is 2. The molecule has 1 heterocycles. The van der Waals surface area contributed by atoms with Crippen LogP contribution in [0.2, 0.25) is 0 Å². The molecule has 1 aromatic heterocycles. The zero-order chi connectivity index (χ0) is 11.7. The molecule has 0 aromatic carbocycles. The molecule has 0 unspecified atom stereocenters. The fraction of sp³-hybridized carbons (Fsp3) is 0.786. The Labute approximate surface area is 104 Å². The molecular formula is C14H23N3. The average Bonchev–Trinajstić information content (AvgIpc) is 3.21. The highest BCUT2D eigenvalue weighted by Crippen LogP contribution is 2.48. The van der Waals surface area contributed by atoms with Gasteiger partial charge in [0.2, 0.25) is 0 Å². The molecule has 3 heteroatoms. The molecule has 3 rings (SSSR count). The standard InChI is InChI=1S/C14H23N3/c1-17-13(7-9-16-17)6-8-15-10-14(11-2-3-11)12-4-5-12/h7,9,11-12,14-15H,2-6,8,10H2,1H3. The SMILES string of the molecule is Cn1nccc1CCNCC(C1CC1)C1CC1. The minimum Gasteiger partial charge on any atom is -0.316 e. The van der Waals surface area contributed by atoms with Crippen molar-refractivity contribution in [2.75, 3.05) is 13.1 Å². The number of rotatable bonds is 7. The smallest absolute Gasteiger partial charge is 0.0492 e. The number of nitrogens with zero attached hydrogens (tertiary/aromatic N) is 2. The molecule has 0 saturated heterocycles. The third-order valence-electron chi connectivity index (χ3n) is 4.32. The fourth-order valence-corrected chi connectivity index (χ4v) is 2.90. The van der Waals surface area contributed by atoms with Gasteiger partial charge in [0.25, 0.3) is 0 Å². The summed E-state index contributed by atoms with van der Waals surface area (Å²) in [6.07, 6.45) is 8.94. The first-order valence-electron chi connectivity index (χ1n) is 7.02. The maximum Gasteiger partial charge on any atom is 0.0492 e. The third-order valence-corrected chi connectivity index (χ3v) is 4.32. The van der Waals surface area contributed by atoms with E-state index in [0.717, 1.165) is 30.7 Å². The van der Waals surface area contributed by atoms with Crippen LogP contribution in [0.15, 0.2) is 12.3 Å². The van der Waals surface area contributed by atoms with Gasteiger partial charge in [-0.05, 0) is 56.0 Å². The van der Waals surface area contributed by atoms with Crippen LogP contribution in [0.1, 0.15) is 31.4 Å². The molecule has 2 aliphatic carbocycles. The van der Waals surface area contributed by atoms with Gasteiger partial charge in [0.05, 0.1) is 0 Å². The van der Waals surface area contributed by atoms with Gasteiger partial charge in [0.1, 0.15) is 0 Å². The van der Waals surface area contributed by atoms with E-state index in [1.54, 1.807) is 0 Å². The molecule has 0 radical (unpaired) electrons. The summed E-state index contributed by atoms with van der Waals surface area (Å²) in [4.78, 5) is 0. The van der Waals surface area contributed by atoms with E-state index in [1.807, 2.05) is 17.9 Å². The first kappa shape index (κ1) is 11.3. The number of aryl methyl sites for hydroxylation is 1. The van der Waals surface area contributed by atoms with Gasteiger partial charge in [0, 0.05) is 31.9 Å². The van der Waals surface area contributed by atoms with Crippen molar-refractivity contribution in [1.82, 2.24) is 15.1 Å². The zero-order valence-corrected chi connectivity index (χ0v) is 10.7. The minimum atomic E-state index is 0.988. The van der Waals surface area contributed by atoms with Crippen molar-refractivity contribution < 1.29 is 0 Å². The second-order valence-electron chi connectivity index (χ2n) is 5.74. The fourth-order valence-electron chi connectivity index (χ4n) is 2.90. The first-order chi connectivity index (χ1) is 8.34. The van der Waals surface area contributed by atoms with Crippen LogP contribution in [0.4, 0.5) is 0 Å². The molecule has 1 N–H and O–H groups in total. The lowest BCUT2D eigenvalue weighted by atomic mass is 9.98. The van der Waals surface area contributed by atoms with Crippen molar-refractivity contribution in [3.63, 3.8) is 0 Å². The molecule has 2 aliphatic rings. The summed E-state index contributed by atoms with van der Waals surface area (Å²) in [5.41, 5.74) is 1.33. The van der Waals surface area contributed by atoms with Gasteiger partial charge in [-0.15, -0.1) is 0 Å². The maximum absolute atomic E-state index is 4.20. The molecule has 2 saturated carbocycles. The van der Waals surface area contributed by atoms with Crippen LogP contribution in [-0.2, 0) is 13.5 Å². The summed E-state index contributed by atoms with van der Waals surface area (Å²) in [5, 5.41) is 7.85. The topological polar surface area (TPSA) is 29.9 Å². The van der Waals surface area contributed by atoms with E-state index in [0.29, 0.717) is 0 Å². The molecule has 2 fully saturated rings. The van der Waals surface area contributed by atoms with Crippen LogP contribution in [0, 0.1) is 17.8 Å². The molecule has 1 aromatic rings. The molecule has 94 valence electrons. The number of nitrogens with one attached hydrogen (secondary N) is 1. The molecule has 0 spiro atoms. The van der Waals surface area contributed by atoms with Crippen molar-refractivity contribution in [2.45, 2.75) is 32.1 Å². The van der Waals surface area contributed by atoms with Gasteiger partial charge in [-0.1, -0.05) is 0 Å². The first-order valence-corrected chi connectivity index (χ1v) is 7.02. The lowest BCUT2D eigenvalue weighted by Crippen LogP contribution is -2.27. The van der Waals surface area contributed by atoms with Crippen molar-refractivity contribution in [3.8, 4) is 0 Å². The molecule has 0 atom stereocenters. The highest BCUT2D eigenvalue weighted by atomic mass is 15.3. The van der Waals surface area contributed by atoms with Gasteiger partial charge >= 0.3 is 0 Å². The summed E-state index contributed by atoms with van der Waals surface area (Å²) in [5.74, 6) is 3.11. The second kappa shape index (κ2) is 4.81. The van der Waals surface area contributed by atoms with Crippen molar-refractivity contribution in [2.24, 2.45) is 24.8 Å². The Morgan fingerprint density at radius 3 is 2.59 bits per heavy atom. The zero-order valence-electron chi connectivity index (χ0n) is 10.7. The van der Waals surface area contributed by atoms with E-state index in [-0.39, 0.29) is 0 Å². The molecule has 0 amide bonds. The number of hydrogen-bond donors (Lipinski definition) is 1. The van der Waals surface area contributed by atoms with E-state index in [4.69, 9.17) is 0 Å². The monoisotopic (exact) mass is 233 g/mol. The summed E-state index contributed by atoms with van der Waals surface area (Å²) in [6, 6.07) is 2.11. The normalized spacial score (nSPS) is 20.1. The van der Waals surface area contributed by atoms with E-state index >= 15 is 0 Å². The Bertz CT molecular complexity index is 351.